The summed E-state index contributed by atoms with van der Waals surface area (Å²) in [6.45, 7) is 3.42. The second-order valence-electron chi connectivity index (χ2n) is 5.18. The lowest BCUT2D eigenvalue weighted by atomic mass is 10.3. The number of aromatic nitrogens is 2. The third-order valence-electron chi connectivity index (χ3n) is 3.31. The number of amides is 1. The number of phenols is 1. The normalized spacial score (nSPS) is 10.2. The number of rotatable bonds is 6. The fourth-order valence-electron chi connectivity index (χ4n) is 2.08. The highest BCUT2D eigenvalue weighted by Gasteiger charge is 2.05. The Kier molecular flexibility index (Phi) is 5.50. The molecule has 0 aliphatic carbocycles. The van der Waals surface area contributed by atoms with Crippen LogP contribution >= 0.6 is 11.8 Å². The Hall–Kier alpha value is -3.32. The van der Waals surface area contributed by atoms with E-state index in [1.807, 2.05) is 30.3 Å². The van der Waals surface area contributed by atoms with Gasteiger partial charge in [0.15, 0.2) is 0 Å². The number of benzene rings is 2. The van der Waals surface area contributed by atoms with Crippen molar-refractivity contribution in [2.75, 3.05) is 10.6 Å². The van der Waals surface area contributed by atoms with Gasteiger partial charge in [0.1, 0.15) is 10.8 Å². The molecule has 130 valence electrons. The van der Waals surface area contributed by atoms with Gasteiger partial charge in [0, 0.05) is 16.8 Å². The molecule has 0 saturated heterocycles. The fourth-order valence-corrected chi connectivity index (χ4v) is 2.85. The molecular weight excluding hydrogens is 348 g/mol. The number of anilines is 3. The van der Waals surface area contributed by atoms with Crippen molar-refractivity contribution in [3.8, 4) is 5.75 Å². The van der Waals surface area contributed by atoms with Gasteiger partial charge in [-0.05, 0) is 48.5 Å². The number of carbonyl (C=O) groups is 1. The minimum absolute atomic E-state index is 0.131. The molecule has 3 rings (SSSR count). The van der Waals surface area contributed by atoms with Crippen LogP contribution in [-0.4, -0.2) is 21.0 Å². The largest absolute Gasteiger partial charge is 0.506 e. The molecule has 0 aliphatic heterocycles. The van der Waals surface area contributed by atoms with Crippen molar-refractivity contribution in [3.05, 3.63) is 73.4 Å². The van der Waals surface area contributed by atoms with Crippen LogP contribution in [0.1, 0.15) is 0 Å². The number of phenolic OH excluding ortho intramolecular Hbond substituents is 1. The van der Waals surface area contributed by atoms with Crippen molar-refractivity contribution in [1.29, 1.82) is 0 Å². The molecule has 0 radical (unpaired) electrons. The van der Waals surface area contributed by atoms with Crippen molar-refractivity contribution in [3.63, 3.8) is 0 Å². The van der Waals surface area contributed by atoms with Crippen molar-refractivity contribution in [2.45, 2.75) is 9.92 Å². The molecule has 2 aromatic carbocycles. The molecular formula is C19H16N4O2S. The average molecular weight is 364 g/mol. The third-order valence-corrected chi connectivity index (χ3v) is 4.25. The molecule has 1 aromatic heterocycles. The molecule has 6 nitrogen and oxygen atoms in total. The summed E-state index contributed by atoms with van der Waals surface area (Å²) < 4.78 is 0. The molecule has 0 saturated carbocycles. The van der Waals surface area contributed by atoms with Crippen molar-refractivity contribution in [1.82, 2.24) is 9.97 Å². The Morgan fingerprint density at radius 3 is 2.62 bits per heavy atom. The van der Waals surface area contributed by atoms with Crippen LogP contribution in [0.3, 0.4) is 0 Å². The summed E-state index contributed by atoms with van der Waals surface area (Å²) in [4.78, 5) is 20.9. The molecule has 3 N–H and O–H groups in total. The van der Waals surface area contributed by atoms with E-state index < -0.39 is 0 Å². The summed E-state index contributed by atoms with van der Waals surface area (Å²) >= 11 is 1.46. The van der Waals surface area contributed by atoms with E-state index in [0.717, 1.165) is 9.92 Å². The van der Waals surface area contributed by atoms with Crippen LogP contribution < -0.4 is 10.6 Å². The molecule has 0 atom stereocenters. The van der Waals surface area contributed by atoms with Gasteiger partial charge in [0.05, 0.1) is 5.69 Å². The van der Waals surface area contributed by atoms with E-state index in [1.165, 1.54) is 17.8 Å². The van der Waals surface area contributed by atoms with E-state index in [-0.39, 0.29) is 11.7 Å². The lowest BCUT2D eigenvalue weighted by Crippen LogP contribution is -2.06. The first-order valence-electron chi connectivity index (χ1n) is 7.73. The summed E-state index contributed by atoms with van der Waals surface area (Å²) in [5, 5.41) is 16.3. The average Bonchev–Trinajstić information content (AvgIpc) is 2.65. The summed E-state index contributed by atoms with van der Waals surface area (Å²) in [6.07, 6.45) is 2.87. The zero-order valence-electron chi connectivity index (χ0n) is 13.7. The minimum Gasteiger partial charge on any atom is -0.506 e. The number of para-hydroxylation sites is 2. The monoisotopic (exact) mass is 364 g/mol. The third kappa shape index (κ3) is 4.61. The van der Waals surface area contributed by atoms with Crippen LogP contribution in [0.25, 0.3) is 0 Å². The zero-order chi connectivity index (χ0) is 18.4. The predicted molar refractivity (Wildman–Crippen MR) is 103 cm³/mol. The van der Waals surface area contributed by atoms with E-state index in [2.05, 4.69) is 27.2 Å². The second kappa shape index (κ2) is 8.17. The Morgan fingerprint density at radius 2 is 1.88 bits per heavy atom. The summed E-state index contributed by atoms with van der Waals surface area (Å²) in [5.74, 6) is 0.277. The standard InChI is InChI=1S/C19H16N4O2S/c1-2-17(25)21-13-7-9-14(10-8-13)26-18-11-12-20-19(23-18)22-15-5-3-4-6-16(15)24/h2-12,24H,1H2,(H,21,25)(H,20,22,23). The molecule has 26 heavy (non-hydrogen) atoms. The predicted octanol–water partition coefficient (Wildman–Crippen LogP) is 4.20. The van der Waals surface area contributed by atoms with Crippen LogP contribution in [0.5, 0.6) is 5.75 Å². The van der Waals surface area contributed by atoms with Crippen molar-refractivity contribution < 1.29 is 9.90 Å². The lowest BCUT2D eigenvalue weighted by Gasteiger charge is -2.08. The SMILES string of the molecule is C=CC(=O)Nc1ccc(Sc2ccnc(Nc3ccccc3O)n2)cc1. The number of nitrogens with one attached hydrogen (secondary N) is 2. The summed E-state index contributed by atoms with van der Waals surface area (Å²) in [5.41, 5.74) is 1.24. The highest BCUT2D eigenvalue weighted by molar-refractivity contribution is 7.99. The van der Waals surface area contributed by atoms with Gasteiger partial charge in [-0.2, -0.15) is 0 Å². The van der Waals surface area contributed by atoms with Gasteiger partial charge in [-0.25, -0.2) is 9.97 Å². The van der Waals surface area contributed by atoms with Crippen molar-refractivity contribution in [2.24, 2.45) is 0 Å². The van der Waals surface area contributed by atoms with E-state index in [1.54, 1.807) is 30.5 Å². The first kappa shape index (κ1) is 17.5. The van der Waals surface area contributed by atoms with Gasteiger partial charge in [0.2, 0.25) is 11.9 Å². The Labute approximate surface area is 155 Å². The van der Waals surface area contributed by atoms with Crippen molar-refractivity contribution >= 4 is 35.0 Å². The topological polar surface area (TPSA) is 87.1 Å². The van der Waals surface area contributed by atoms with E-state index in [0.29, 0.717) is 17.3 Å². The quantitative estimate of drug-likeness (QED) is 0.345. The molecule has 3 aromatic rings. The summed E-state index contributed by atoms with van der Waals surface area (Å²) in [7, 11) is 0. The molecule has 0 unspecified atom stereocenters. The maximum Gasteiger partial charge on any atom is 0.247 e. The smallest absolute Gasteiger partial charge is 0.247 e. The molecule has 0 aliphatic rings. The Morgan fingerprint density at radius 1 is 1.12 bits per heavy atom. The number of aromatic hydroxyl groups is 1. The van der Waals surface area contributed by atoms with Crippen LogP contribution in [0.2, 0.25) is 0 Å². The zero-order valence-corrected chi connectivity index (χ0v) is 14.5. The van der Waals surface area contributed by atoms with Gasteiger partial charge in [-0.15, -0.1) is 0 Å². The van der Waals surface area contributed by atoms with Gasteiger partial charge >= 0.3 is 0 Å². The first-order chi connectivity index (χ1) is 12.6. The van der Waals surface area contributed by atoms with E-state index >= 15 is 0 Å². The van der Waals surface area contributed by atoms with Gasteiger partial charge in [-0.3, -0.25) is 4.79 Å². The van der Waals surface area contributed by atoms with Gasteiger partial charge < -0.3 is 15.7 Å². The van der Waals surface area contributed by atoms with Crippen LogP contribution in [0, 0.1) is 0 Å². The number of nitrogens with zero attached hydrogens (tertiary/aromatic N) is 2. The number of hydrogen-bond acceptors (Lipinski definition) is 6. The van der Waals surface area contributed by atoms with Gasteiger partial charge in [0.25, 0.3) is 0 Å². The Balaban J connectivity index is 1.69. The number of carbonyl (C=O) groups excluding carboxylic acids is 1. The Bertz CT molecular complexity index is 929. The molecule has 1 amide bonds. The molecule has 0 spiro atoms. The summed E-state index contributed by atoms with van der Waals surface area (Å²) in [6, 6.07) is 16.1. The van der Waals surface area contributed by atoms with Crippen LogP contribution in [0.15, 0.2) is 83.4 Å². The van der Waals surface area contributed by atoms with E-state index in [4.69, 9.17) is 0 Å². The van der Waals surface area contributed by atoms with E-state index in [9.17, 15) is 9.90 Å². The second-order valence-corrected chi connectivity index (χ2v) is 6.27. The maximum atomic E-state index is 11.3. The molecule has 7 heteroatoms. The van der Waals surface area contributed by atoms with Crippen LogP contribution in [-0.2, 0) is 4.79 Å². The molecule has 0 bridgehead atoms. The lowest BCUT2D eigenvalue weighted by molar-refractivity contribution is -0.111. The first-order valence-corrected chi connectivity index (χ1v) is 8.55. The molecule has 0 fully saturated rings. The van der Waals surface area contributed by atoms with Crippen LogP contribution in [0.4, 0.5) is 17.3 Å². The highest BCUT2D eigenvalue weighted by atomic mass is 32.2. The fraction of sp³-hybridized carbons (Fsp3) is 0. The highest BCUT2D eigenvalue weighted by Crippen LogP contribution is 2.29. The molecule has 1 heterocycles. The minimum atomic E-state index is -0.249. The van der Waals surface area contributed by atoms with Gasteiger partial charge in [-0.1, -0.05) is 30.5 Å². The maximum absolute atomic E-state index is 11.3. The number of hydrogen-bond donors (Lipinski definition) is 3.